The Kier molecular flexibility index (Phi) is 4.22. The highest BCUT2D eigenvalue weighted by Gasteiger charge is 2.45. The highest BCUT2D eigenvalue weighted by atomic mass is 35.5. The maximum absolute atomic E-state index is 12.8. The van der Waals surface area contributed by atoms with Gasteiger partial charge in [-0.3, -0.25) is 9.59 Å². The lowest BCUT2D eigenvalue weighted by molar-refractivity contribution is -0.127. The molecule has 0 bridgehead atoms. The van der Waals surface area contributed by atoms with Crippen LogP contribution in [0.15, 0.2) is 18.2 Å². The third-order valence-corrected chi connectivity index (χ3v) is 4.20. The molecule has 21 heavy (non-hydrogen) atoms. The first-order chi connectivity index (χ1) is 9.64. The molecule has 1 aliphatic rings. The van der Waals surface area contributed by atoms with Crippen LogP contribution in [0, 0.1) is 5.41 Å². The molecule has 2 rings (SSSR count). The molecule has 0 aliphatic carbocycles. The number of carbonyl (C=O) groups excluding carboxylic acids is 2. The number of hydrogen-bond acceptors (Lipinski definition) is 2. The van der Waals surface area contributed by atoms with Crippen LogP contribution in [-0.4, -0.2) is 41.4 Å². The maximum atomic E-state index is 12.8. The smallest absolute Gasteiger partial charge is 0.259 e. The minimum absolute atomic E-state index is 0.0405. The topological polar surface area (TPSA) is 40.6 Å². The van der Waals surface area contributed by atoms with Crippen molar-refractivity contribution >= 4 is 35.0 Å². The summed E-state index contributed by atoms with van der Waals surface area (Å²) in [6.45, 7) is 6.00. The summed E-state index contributed by atoms with van der Waals surface area (Å²) in [5.41, 5.74) is -0.0252. The zero-order valence-corrected chi connectivity index (χ0v) is 14.0. The van der Waals surface area contributed by atoms with E-state index >= 15 is 0 Å². The number of halogens is 2. The van der Waals surface area contributed by atoms with Gasteiger partial charge in [0.05, 0.1) is 15.6 Å². The number of benzene rings is 1. The Morgan fingerprint density at radius 2 is 1.76 bits per heavy atom. The third-order valence-electron chi connectivity index (χ3n) is 3.57. The Morgan fingerprint density at radius 1 is 1.24 bits per heavy atom. The van der Waals surface area contributed by atoms with Gasteiger partial charge in [-0.2, -0.15) is 0 Å². The van der Waals surface area contributed by atoms with Crippen LogP contribution in [0.2, 0.25) is 10.0 Å². The van der Waals surface area contributed by atoms with Gasteiger partial charge in [-0.25, -0.2) is 0 Å². The normalized spacial score (nSPS) is 19.3. The molecule has 2 amide bonds. The summed E-state index contributed by atoms with van der Waals surface area (Å²) in [6.07, 6.45) is -0.329. The van der Waals surface area contributed by atoms with Crippen molar-refractivity contribution < 1.29 is 9.59 Å². The van der Waals surface area contributed by atoms with Crippen LogP contribution in [0.25, 0.3) is 0 Å². The molecule has 1 aliphatic heterocycles. The first-order valence-electron chi connectivity index (χ1n) is 6.65. The lowest BCUT2D eigenvalue weighted by atomic mass is 9.91. The summed E-state index contributed by atoms with van der Waals surface area (Å²) in [4.78, 5) is 28.0. The summed E-state index contributed by atoms with van der Waals surface area (Å²) in [5.74, 6) is -0.408. The van der Waals surface area contributed by atoms with E-state index in [-0.39, 0.29) is 35.5 Å². The predicted molar refractivity (Wildman–Crippen MR) is 83.5 cm³/mol. The second kappa shape index (κ2) is 5.50. The number of carbonyl (C=O) groups is 2. The molecular weight excluding hydrogens is 311 g/mol. The van der Waals surface area contributed by atoms with E-state index in [1.54, 1.807) is 30.1 Å². The van der Waals surface area contributed by atoms with Gasteiger partial charge in [0, 0.05) is 12.5 Å². The lowest BCUT2D eigenvalue weighted by Crippen LogP contribution is -2.49. The average molecular weight is 329 g/mol. The molecule has 0 radical (unpaired) electrons. The molecule has 1 saturated heterocycles. The number of amides is 2. The molecule has 1 aromatic carbocycles. The molecular formula is C15H18Cl2N2O2. The molecule has 0 spiro atoms. The zero-order chi connectivity index (χ0) is 15.9. The van der Waals surface area contributed by atoms with Crippen molar-refractivity contribution in [3.8, 4) is 0 Å². The lowest BCUT2D eigenvalue weighted by Gasteiger charge is -2.38. The van der Waals surface area contributed by atoms with Crippen LogP contribution >= 0.6 is 23.2 Å². The largest absolute Gasteiger partial charge is 0.323 e. The summed E-state index contributed by atoms with van der Waals surface area (Å²) in [6, 6.07) is 4.92. The number of hydrogen-bond donors (Lipinski definition) is 0. The number of rotatable bonds is 1. The highest BCUT2D eigenvalue weighted by molar-refractivity contribution is 6.39. The van der Waals surface area contributed by atoms with Crippen LogP contribution in [0.5, 0.6) is 0 Å². The number of nitrogens with zero attached hydrogens (tertiary/aromatic N) is 2. The molecule has 1 atom stereocenters. The molecule has 114 valence electrons. The average Bonchev–Trinajstić information content (AvgIpc) is 2.65. The summed E-state index contributed by atoms with van der Waals surface area (Å²) in [5, 5.41) is 0.587. The van der Waals surface area contributed by atoms with E-state index in [9.17, 15) is 9.59 Å². The van der Waals surface area contributed by atoms with Crippen molar-refractivity contribution in [1.29, 1.82) is 0 Å². The minimum atomic E-state index is -0.329. The molecule has 6 heteroatoms. The monoisotopic (exact) mass is 328 g/mol. The van der Waals surface area contributed by atoms with Crippen LogP contribution < -0.4 is 0 Å². The second-order valence-electron chi connectivity index (χ2n) is 6.27. The first-order valence-corrected chi connectivity index (χ1v) is 7.41. The molecule has 0 N–H and O–H groups in total. The van der Waals surface area contributed by atoms with E-state index in [0.717, 1.165) is 0 Å². The Labute approximate surface area is 134 Å². The molecule has 1 heterocycles. The Bertz CT molecular complexity index is 576. The summed E-state index contributed by atoms with van der Waals surface area (Å²) < 4.78 is 0. The fraction of sp³-hybridized carbons (Fsp3) is 0.467. The van der Waals surface area contributed by atoms with Crippen molar-refractivity contribution in [2.45, 2.75) is 26.9 Å². The molecule has 4 nitrogen and oxygen atoms in total. The van der Waals surface area contributed by atoms with E-state index < -0.39 is 0 Å². The van der Waals surface area contributed by atoms with Gasteiger partial charge >= 0.3 is 0 Å². The van der Waals surface area contributed by atoms with Gasteiger partial charge in [0.15, 0.2) is 0 Å². The Hall–Kier alpha value is -1.26. The third kappa shape index (κ3) is 2.87. The van der Waals surface area contributed by atoms with Gasteiger partial charge in [-0.15, -0.1) is 0 Å². The molecule has 0 saturated carbocycles. The maximum Gasteiger partial charge on any atom is 0.259 e. The molecule has 0 aromatic heterocycles. The SMILES string of the molecule is CN1C(=O)CN(C(=O)c2c(Cl)cccc2Cl)C1C(C)(C)C. The van der Waals surface area contributed by atoms with Gasteiger partial charge in [0.1, 0.15) is 12.7 Å². The number of likely N-dealkylation sites (N-methyl/N-ethyl adjacent to an activating group) is 1. The zero-order valence-electron chi connectivity index (χ0n) is 12.5. The fourth-order valence-electron chi connectivity index (χ4n) is 2.77. The van der Waals surface area contributed by atoms with Crippen molar-refractivity contribution in [1.82, 2.24) is 9.80 Å². The van der Waals surface area contributed by atoms with E-state index in [0.29, 0.717) is 10.0 Å². The van der Waals surface area contributed by atoms with Crippen molar-refractivity contribution in [3.05, 3.63) is 33.8 Å². The van der Waals surface area contributed by atoms with Crippen molar-refractivity contribution in [3.63, 3.8) is 0 Å². The quantitative estimate of drug-likeness (QED) is 0.793. The standard InChI is InChI=1S/C15H18Cl2N2O2/c1-15(2,3)14-18(4)11(20)8-19(14)13(21)12-9(16)6-5-7-10(12)17/h5-7,14H,8H2,1-4H3. The van der Waals surface area contributed by atoms with E-state index in [2.05, 4.69) is 0 Å². The van der Waals surface area contributed by atoms with Gasteiger partial charge < -0.3 is 9.80 Å². The summed E-state index contributed by atoms with van der Waals surface area (Å²) >= 11 is 12.2. The molecule has 1 aromatic rings. The molecule has 1 unspecified atom stereocenters. The van der Waals surface area contributed by atoms with Gasteiger partial charge in [0.25, 0.3) is 5.91 Å². The highest BCUT2D eigenvalue weighted by Crippen LogP contribution is 2.34. The van der Waals surface area contributed by atoms with Crippen LogP contribution in [0.4, 0.5) is 0 Å². The van der Waals surface area contributed by atoms with Gasteiger partial charge in [-0.1, -0.05) is 50.0 Å². The van der Waals surface area contributed by atoms with E-state index in [1.165, 1.54) is 4.90 Å². The summed E-state index contributed by atoms with van der Waals surface area (Å²) in [7, 11) is 1.71. The Balaban J connectivity index is 2.45. The molecule has 1 fully saturated rings. The first kappa shape index (κ1) is 16.1. The fourth-order valence-corrected chi connectivity index (χ4v) is 3.33. The van der Waals surface area contributed by atoms with Gasteiger partial charge in [0.2, 0.25) is 5.91 Å². The Morgan fingerprint density at radius 3 is 2.24 bits per heavy atom. The van der Waals surface area contributed by atoms with Crippen LogP contribution in [0.3, 0.4) is 0 Å². The van der Waals surface area contributed by atoms with Crippen molar-refractivity contribution in [2.24, 2.45) is 5.41 Å². The van der Waals surface area contributed by atoms with Gasteiger partial charge in [-0.05, 0) is 12.1 Å². The van der Waals surface area contributed by atoms with E-state index in [1.807, 2.05) is 20.8 Å². The van der Waals surface area contributed by atoms with Crippen molar-refractivity contribution in [2.75, 3.05) is 13.6 Å². The predicted octanol–water partition coefficient (Wildman–Crippen LogP) is 3.28. The minimum Gasteiger partial charge on any atom is -0.323 e. The van der Waals surface area contributed by atoms with Crippen LogP contribution in [0.1, 0.15) is 31.1 Å². The van der Waals surface area contributed by atoms with E-state index in [4.69, 9.17) is 23.2 Å². The van der Waals surface area contributed by atoms with Crippen LogP contribution in [-0.2, 0) is 4.79 Å². The second-order valence-corrected chi connectivity index (χ2v) is 7.09.